The van der Waals surface area contributed by atoms with Crippen LogP contribution in [-0.4, -0.2) is 36.7 Å². The second kappa shape index (κ2) is 3.91. The molecule has 2 atom stereocenters. The maximum absolute atomic E-state index is 10.6. The second-order valence-corrected chi connectivity index (χ2v) is 4.89. The minimum atomic E-state index is -0.0526. The lowest BCUT2D eigenvalue weighted by atomic mass is 10.0. The SMILES string of the molecule is C[C@]12COCN1[C@H](c1ccc(C=O)cc1)OC2. The monoisotopic (exact) mass is 233 g/mol. The van der Waals surface area contributed by atoms with Crippen molar-refractivity contribution in [1.82, 2.24) is 4.90 Å². The fourth-order valence-electron chi connectivity index (χ4n) is 2.44. The van der Waals surface area contributed by atoms with Gasteiger partial charge in [-0.2, -0.15) is 0 Å². The highest BCUT2D eigenvalue weighted by Gasteiger charge is 2.48. The number of nitrogens with zero attached hydrogens (tertiary/aromatic N) is 1. The molecule has 2 aliphatic rings. The van der Waals surface area contributed by atoms with Crippen LogP contribution in [0.3, 0.4) is 0 Å². The number of ether oxygens (including phenoxy) is 2. The summed E-state index contributed by atoms with van der Waals surface area (Å²) in [4.78, 5) is 12.8. The Labute approximate surface area is 100 Å². The molecule has 0 N–H and O–H groups in total. The molecular formula is C13H15NO3. The average Bonchev–Trinajstić information content (AvgIpc) is 2.86. The Morgan fingerprint density at radius 1 is 1.35 bits per heavy atom. The van der Waals surface area contributed by atoms with E-state index in [1.54, 1.807) is 0 Å². The van der Waals surface area contributed by atoms with Crippen molar-refractivity contribution in [3.63, 3.8) is 0 Å². The van der Waals surface area contributed by atoms with Gasteiger partial charge in [0.05, 0.1) is 18.8 Å². The molecule has 0 bridgehead atoms. The van der Waals surface area contributed by atoms with Gasteiger partial charge in [-0.05, 0) is 12.5 Å². The lowest BCUT2D eigenvalue weighted by molar-refractivity contribution is -0.00618. The molecule has 0 amide bonds. The van der Waals surface area contributed by atoms with Crippen LogP contribution in [0.15, 0.2) is 24.3 Å². The van der Waals surface area contributed by atoms with Gasteiger partial charge < -0.3 is 9.47 Å². The molecule has 0 saturated carbocycles. The quantitative estimate of drug-likeness (QED) is 0.727. The number of benzene rings is 1. The highest BCUT2D eigenvalue weighted by molar-refractivity contribution is 5.74. The van der Waals surface area contributed by atoms with E-state index in [4.69, 9.17) is 9.47 Å². The Morgan fingerprint density at radius 2 is 2.12 bits per heavy atom. The van der Waals surface area contributed by atoms with Crippen LogP contribution >= 0.6 is 0 Å². The number of fused-ring (bicyclic) bond motifs is 1. The lowest BCUT2D eigenvalue weighted by Crippen LogP contribution is -2.40. The maximum atomic E-state index is 10.6. The molecule has 1 aromatic rings. The van der Waals surface area contributed by atoms with E-state index in [1.165, 1.54) is 0 Å². The first-order valence-electron chi connectivity index (χ1n) is 5.74. The Bertz CT molecular complexity index is 431. The molecular weight excluding hydrogens is 218 g/mol. The van der Waals surface area contributed by atoms with E-state index in [0.29, 0.717) is 18.9 Å². The van der Waals surface area contributed by atoms with Gasteiger partial charge >= 0.3 is 0 Å². The first-order valence-corrected chi connectivity index (χ1v) is 5.74. The van der Waals surface area contributed by atoms with Crippen LogP contribution in [-0.2, 0) is 9.47 Å². The Balaban J connectivity index is 1.87. The highest BCUT2D eigenvalue weighted by atomic mass is 16.6. The summed E-state index contributed by atoms with van der Waals surface area (Å²) in [6, 6.07) is 7.52. The van der Waals surface area contributed by atoms with Gasteiger partial charge in [0, 0.05) is 5.56 Å². The standard InChI is InChI=1S/C13H15NO3/c1-13-7-16-9-14(13)12(17-8-13)11-4-2-10(6-15)3-5-11/h2-6,12H,7-9H2,1H3/t12-,13+/m0/s1. The number of aldehydes is 1. The van der Waals surface area contributed by atoms with Crippen LogP contribution in [0.4, 0.5) is 0 Å². The second-order valence-electron chi connectivity index (χ2n) is 4.89. The highest BCUT2D eigenvalue weighted by Crippen LogP contribution is 2.39. The van der Waals surface area contributed by atoms with Crippen LogP contribution in [0.5, 0.6) is 0 Å². The Morgan fingerprint density at radius 3 is 2.82 bits per heavy atom. The topological polar surface area (TPSA) is 38.8 Å². The summed E-state index contributed by atoms with van der Waals surface area (Å²) < 4.78 is 11.3. The number of carbonyl (C=O) groups is 1. The zero-order valence-electron chi connectivity index (χ0n) is 9.76. The summed E-state index contributed by atoms with van der Waals surface area (Å²) in [5, 5.41) is 0. The molecule has 0 aromatic heterocycles. The zero-order valence-corrected chi connectivity index (χ0v) is 9.76. The number of hydrogen-bond donors (Lipinski definition) is 0. The molecule has 0 radical (unpaired) electrons. The van der Waals surface area contributed by atoms with E-state index in [9.17, 15) is 4.79 Å². The third-order valence-corrected chi connectivity index (χ3v) is 3.53. The van der Waals surface area contributed by atoms with Crippen molar-refractivity contribution in [3.05, 3.63) is 35.4 Å². The van der Waals surface area contributed by atoms with Gasteiger partial charge in [0.25, 0.3) is 0 Å². The van der Waals surface area contributed by atoms with Crippen molar-refractivity contribution < 1.29 is 14.3 Å². The van der Waals surface area contributed by atoms with Gasteiger partial charge in [0.1, 0.15) is 19.2 Å². The predicted octanol–water partition coefficient (Wildman–Crippen LogP) is 1.58. The summed E-state index contributed by atoms with van der Waals surface area (Å²) in [5.41, 5.74) is 1.76. The van der Waals surface area contributed by atoms with Crippen LogP contribution in [0.2, 0.25) is 0 Å². The number of carbonyl (C=O) groups excluding carboxylic acids is 1. The summed E-state index contributed by atoms with van der Waals surface area (Å²) in [5.74, 6) is 0. The minimum Gasteiger partial charge on any atom is -0.364 e. The van der Waals surface area contributed by atoms with Gasteiger partial charge in [-0.1, -0.05) is 24.3 Å². The maximum Gasteiger partial charge on any atom is 0.150 e. The predicted molar refractivity (Wildman–Crippen MR) is 61.6 cm³/mol. The van der Waals surface area contributed by atoms with Crippen molar-refractivity contribution >= 4 is 6.29 Å². The molecule has 2 aliphatic heterocycles. The van der Waals surface area contributed by atoms with E-state index in [-0.39, 0.29) is 11.8 Å². The summed E-state index contributed by atoms with van der Waals surface area (Å²) in [6.07, 6.45) is 0.797. The molecule has 4 heteroatoms. The van der Waals surface area contributed by atoms with E-state index in [2.05, 4.69) is 11.8 Å². The smallest absolute Gasteiger partial charge is 0.150 e. The molecule has 2 heterocycles. The van der Waals surface area contributed by atoms with Crippen molar-refractivity contribution in [2.24, 2.45) is 0 Å². The largest absolute Gasteiger partial charge is 0.364 e. The Kier molecular flexibility index (Phi) is 2.50. The molecule has 1 aromatic carbocycles. The molecule has 0 aliphatic carbocycles. The molecule has 3 rings (SSSR count). The first kappa shape index (κ1) is 10.9. The lowest BCUT2D eigenvalue weighted by Gasteiger charge is -2.26. The number of hydrogen-bond acceptors (Lipinski definition) is 4. The van der Waals surface area contributed by atoms with Crippen molar-refractivity contribution in [2.75, 3.05) is 19.9 Å². The van der Waals surface area contributed by atoms with Gasteiger partial charge in [-0.25, -0.2) is 4.90 Å². The van der Waals surface area contributed by atoms with Gasteiger partial charge in [-0.3, -0.25) is 4.79 Å². The van der Waals surface area contributed by atoms with Crippen LogP contribution in [0, 0.1) is 0 Å². The molecule has 0 unspecified atom stereocenters. The van der Waals surface area contributed by atoms with Gasteiger partial charge in [-0.15, -0.1) is 0 Å². The first-order chi connectivity index (χ1) is 8.23. The third-order valence-electron chi connectivity index (χ3n) is 3.53. The average molecular weight is 233 g/mol. The van der Waals surface area contributed by atoms with E-state index < -0.39 is 0 Å². The fourth-order valence-corrected chi connectivity index (χ4v) is 2.44. The molecule has 2 fully saturated rings. The van der Waals surface area contributed by atoms with E-state index in [0.717, 1.165) is 18.5 Å². The van der Waals surface area contributed by atoms with Crippen LogP contribution < -0.4 is 0 Å². The normalized spacial score (nSPS) is 32.6. The molecule has 17 heavy (non-hydrogen) atoms. The molecule has 90 valence electrons. The summed E-state index contributed by atoms with van der Waals surface area (Å²) in [7, 11) is 0. The summed E-state index contributed by atoms with van der Waals surface area (Å²) >= 11 is 0. The van der Waals surface area contributed by atoms with E-state index in [1.807, 2.05) is 24.3 Å². The Hall–Kier alpha value is -1.23. The molecule has 2 saturated heterocycles. The van der Waals surface area contributed by atoms with Crippen LogP contribution in [0.1, 0.15) is 29.1 Å². The van der Waals surface area contributed by atoms with Crippen molar-refractivity contribution in [1.29, 1.82) is 0 Å². The van der Waals surface area contributed by atoms with E-state index >= 15 is 0 Å². The summed E-state index contributed by atoms with van der Waals surface area (Å²) in [6.45, 7) is 4.17. The van der Waals surface area contributed by atoms with Gasteiger partial charge in [0.15, 0.2) is 0 Å². The van der Waals surface area contributed by atoms with Crippen molar-refractivity contribution in [3.8, 4) is 0 Å². The number of rotatable bonds is 2. The third kappa shape index (κ3) is 1.69. The minimum absolute atomic E-state index is 0.00596. The van der Waals surface area contributed by atoms with Gasteiger partial charge in [0.2, 0.25) is 0 Å². The zero-order chi connectivity index (χ0) is 11.9. The molecule has 0 spiro atoms. The van der Waals surface area contributed by atoms with Crippen LogP contribution in [0.25, 0.3) is 0 Å². The molecule has 4 nitrogen and oxygen atoms in total. The fraction of sp³-hybridized carbons (Fsp3) is 0.462. The van der Waals surface area contributed by atoms with Crippen molar-refractivity contribution in [2.45, 2.75) is 18.7 Å².